The number of halogens is 2. The number of carbonyl (C=O) groups excluding carboxylic acids is 1. The van der Waals surface area contributed by atoms with Gasteiger partial charge in [-0.25, -0.2) is 0 Å². The summed E-state index contributed by atoms with van der Waals surface area (Å²) < 4.78 is 6.34. The monoisotopic (exact) mass is 376 g/mol. The van der Waals surface area contributed by atoms with Gasteiger partial charge >= 0.3 is 0 Å². The van der Waals surface area contributed by atoms with Crippen LogP contribution in [0.5, 0.6) is 0 Å². The Morgan fingerprint density at radius 2 is 2.14 bits per heavy atom. The molecule has 2 rings (SSSR count). The van der Waals surface area contributed by atoms with Crippen molar-refractivity contribution in [1.82, 2.24) is 5.32 Å². The zero-order valence-electron chi connectivity index (χ0n) is 12.1. The minimum Gasteiger partial charge on any atom is -0.381 e. The number of hydrogen-bond acceptors (Lipinski definition) is 3. The molecule has 118 valence electrons. The van der Waals surface area contributed by atoms with Crippen molar-refractivity contribution in [1.29, 1.82) is 0 Å². The van der Waals surface area contributed by atoms with Gasteiger partial charge in [0.15, 0.2) is 0 Å². The highest BCUT2D eigenvalue weighted by molar-refractivity contribution is 9.10. The van der Waals surface area contributed by atoms with E-state index in [-0.39, 0.29) is 24.2 Å². The zero-order chi connectivity index (χ0) is 14.5. The predicted octanol–water partition coefficient (Wildman–Crippen LogP) is 2.55. The first-order valence-corrected chi connectivity index (χ1v) is 7.73. The van der Waals surface area contributed by atoms with E-state index in [1.54, 1.807) is 0 Å². The number of benzene rings is 1. The van der Waals surface area contributed by atoms with Crippen LogP contribution in [0.2, 0.25) is 0 Å². The van der Waals surface area contributed by atoms with Gasteiger partial charge in [0.1, 0.15) is 0 Å². The van der Waals surface area contributed by atoms with E-state index in [0.717, 1.165) is 28.4 Å². The van der Waals surface area contributed by atoms with Crippen LogP contribution in [0.3, 0.4) is 0 Å². The van der Waals surface area contributed by atoms with E-state index in [0.29, 0.717) is 19.8 Å². The first kappa shape index (κ1) is 18.4. The first-order valence-electron chi connectivity index (χ1n) is 6.94. The maximum atomic E-state index is 12.1. The molecule has 1 heterocycles. The Morgan fingerprint density at radius 3 is 2.76 bits per heavy atom. The standard InChI is InChI=1S/C15H21BrN2O2.ClH/c1-10-8-13(16)3-2-12(10)9-18-15(19)14(17)11-4-6-20-7-5-11;/h2-3,8,11,14H,4-7,9,17H2,1H3,(H,18,19);1H. The molecule has 0 aromatic heterocycles. The molecule has 1 amide bonds. The normalized spacial score (nSPS) is 16.9. The van der Waals surface area contributed by atoms with Gasteiger partial charge in [-0.15, -0.1) is 12.4 Å². The summed E-state index contributed by atoms with van der Waals surface area (Å²) in [5.74, 6) is 0.161. The van der Waals surface area contributed by atoms with E-state index in [2.05, 4.69) is 21.2 Å². The predicted molar refractivity (Wildman–Crippen MR) is 89.5 cm³/mol. The third kappa shape index (κ3) is 5.25. The van der Waals surface area contributed by atoms with Gasteiger partial charge in [0.25, 0.3) is 0 Å². The second kappa shape index (κ2) is 8.73. The number of amides is 1. The summed E-state index contributed by atoms with van der Waals surface area (Å²) in [6.45, 7) is 3.97. The smallest absolute Gasteiger partial charge is 0.237 e. The summed E-state index contributed by atoms with van der Waals surface area (Å²) in [4.78, 5) is 12.1. The van der Waals surface area contributed by atoms with E-state index in [9.17, 15) is 4.79 Å². The van der Waals surface area contributed by atoms with E-state index in [1.807, 2.05) is 25.1 Å². The summed E-state index contributed by atoms with van der Waals surface area (Å²) in [6.07, 6.45) is 1.73. The van der Waals surface area contributed by atoms with Crippen molar-refractivity contribution in [2.45, 2.75) is 32.4 Å². The van der Waals surface area contributed by atoms with Crippen molar-refractivity contribution in [2.75, 3.05) is 13.2 Å². The Hall–Kier alpha value is -0.620. The minimum atomic E-state index is -0.436. The van der Waals surface area contributed by atoms with Crippen LogP contribution in [-0.4, -0.2) is 25.2 Å². The van der Waals surface area contributed by atoms with Crippen LogP contribution in [0.4, 0.5) is 0 Å². The average Bonchev–Trinajstić information content (AvgIpc) is 2.46. The maximum absolute atomic E-state index is 12.1. The zero-order valence-corrected chi connectivity index (χ0v) is 14.5. The van der Waals surface area contributed by atoms with E-state index in [1.165, 1.54) is 0 Å². The summed E-state index contributed by atoms with van der Waals surface area (Å²) >= 11 is 3.43. The third-order valence-corrected chi connectivity index (χ3v) is 4.33. The molecular weight excluding hydrogens is 356 g/mol. The number of aryl methyl sites for hydroxylation is 1. The van der Waals surface area contributed by atoms with Gasteiger partial charge in [-0.1, -0.05) is 22.0 Å². The Balaban J connectivity index is 0.00000220. The Labute approximate surface area is 140 Å². The van der Waals surface area contributed by atoms with Gasteiger partial charge in [0, 0.05) is 24.2 Å². The molecule has 0 radical (unpaired) electrons. The molecule has 0 spiro atoms. The van der Waals surface area contributed by atoms with Crippen LogP contribution in [0.25, 0.3) is 0 Å². The molecule has 1 unspecified atom stereocenters. The molecule has 1 aromatic rings. The second-order valence-corrected chi connectivity index (χ2v) is 6.18. The molecule has 1 aromatic carbocycles. The van der Waals surface area contributed by atoms with Crippen LogP contribution in [0.1, 0.15) is 24.0 Å². The summed E-state index contributed by atoms with van der Waals surface area (Å²) in [7, 11) is 0. The van der Waals surface area contributed by atoms with Crippen LogP contribution in [0, 0.1) is 12.8 Å². The van der Waals surface area contributed by atoms with Crippen molar-refractivity contribution in [3.05, 3.63) is 33.8 Å². The molecule has 1 aliphatic rings. The SMILES string of the molecule is Cc1cc(Br)ccc1CNC(=O)C(N)C1CCOCC1.Cl. The molecular formula is C15H22BrClN2O2. The Morgan fingerprint density at radius 1 is 1.48 bits per heavy atom. The largest absolute Gasteiger partial charge is 0.381 e. The van der Waals surface area contributed by atoms with Crippen LogP contribution in [-0.2, 0) is 16.1 Å². The molecule has 0 saturated carbocycles. The van der Waals surface area contributed by atoms with Crippen molar-refractivity contribution in [2.24, 2.45) is 11.7 Å². The molecule has 0 aliphatic carbocycles. The van der Waals surface area contributed by atoms with Gasteiger partial charge in [0.05, 0.1) is 6.04 Å². The quantitative estimate of drug-likeness (QED) is 0.847. The lowest BCUT2D eigenvalue weighted by molar-refractivity contribution is -0.124. The lowest BCUT2D eigenvalue weighted by Crippen LogP contribution is -2.46. The first-order chi connectivity index (χ1) is 9.58. The summed E-state index contributed by atoms with van der Waals surface area (Å²) in [6, 6.07) is 5.60. The lowest BCUT2D eigenvalue weighted by Gasteiger charge is -2.26. The molecule has 1 saturated heterocycles. The highest BCUT2D eigenvalue weighted by Gasteiger charge is 2.26. The maximum Gasteiger partial charge on any atom is 0.237 e. The number of ether oxygens (including phenoxy) is 1. The number of rotatable bonds is 4. The summed E-state index contributed by atoms with van der Waals surface area (Å²) in [5.41, 5.74) is 8.31. The molecule has 0 bridgehead atoms. The van der Waals surface area contributed by atoms with Crippen LogP contribution in [0.15, 0.2) is 22.7 Å². The fourth-order valence-corrected chi connectivity index (χ4v) is 2.92. The molecule has 1 atom stereocenters. The third-order valence-electron chi connectivity index (χ3n) is 3.83. The van der Waals surface area contributed by atoms with E-state index in [4.69, 9.17) is 10.5 Å². The van der Waals surface area contributed by atoms with Gasteiger partial charge < -0.3 is 15.8 Å². The number of nitrogens with two attached hydrogens (primary N) is 1. The molecule has 3 N–H and O–H groups in total. The molecule has 1 fully saturated rings. The Bertz CT molecular complexity index is 479. The van der Waals surface area contributed by atoms with Crippen LogP contribution < -0.4 is 11.1 Å². The second-order valence-electron chi connectivity index (χ2n) is 5.26. The highest BCUT2D eigenvalue weighted by Crippen LogP contribution is 2.18. The number of hydrogen-bond donors (Lipinski definition) is 2. The fourth-order valence-electron chi connectivity index (χ4n) is 2.45. The van der Waals surface area contributed by atoms with Crippen molar-refractivity contribution in [3.8, 4) is 0 Å². The van der Waals surface area contributed by atoms with Gasteiger partial charge in [-0.2, -0.15) is 0 Å². The molecule has 6 heteroatoms. The molecule has 21 heavy (non-hydrogen) atoms. The van der Waals surface area contributed by atoms with Gasteiger partial charge in [0.2, 0.25) is 5.91 Å². The topological polar surface area (TPSA) is 64.4 Å². The van der Waals surface area contributed by atoms with Crippen molar-refractivity contribution in [3.63, 3.8) is 0 Å². The minimum absolute atomic E-state index is 0. The Kier molecular flexibility index (Phi) is 7.66. The van der Waals surface area contributed by atoms with E-state index < -0.39 is 6.04 Å². The number of nitrogens with one attached hydrogen (secondary N) is 1. The van der Waals surface area contributed by atoms with Gasteiger partial charge in [-0.05, 0) is 48.9 Å². The van der Waals surface area contributed by atoms with Crippen LogP contribution >= 0.6 is 28.3 Å². The van der Waals surface area contributed by atoms with E-state index >= 15 is 0 Å². The number of carbonyl (C=O) groups is 1. The lowest BCUT2D eigenvalue weighted by atomic mass is 9.92. The highest BCUT2D eigenvalue weighted by atomic mass is 79.9. The average molecular weight is 378 g/mol. The van der Waals surface area contributed by atoms with Gasteiger partial charge in [-0.3, -0.25) is 4.79 Å². The van der Waals surface area contributed by atoms with Crippen molar-refractivity contribution >= 4 is 34.2 Å². The van der Waals surface area contributed by atoms with Crippen molar-refractivity contribution < 1.29 is 9.53 Å². The molecule has 4 nitrogen and oxygen atoms in total. The molecule has 1 aliphatic heterocycles. The summed E-state index contributed by atoms with van der Waals surface area (Å²) in [5, 5.41) is 2.94. The fraction of sp³-hybridized carbons (Fsp3) is 0.533.